The van der Waals surface area contributed by atoms with Gasteiger partial charge in [-0.15, -0.1) is 5.10 Å². The van der Waals surface area contributed by atoms with Crippen LogP contribution in [0, 0.1) is 0 Å². The molecule has 0 bridgehead atoms. The Morgan fingerprint density at radius 1 is 1.03 bits per heavy atom. The summed E-state index contributed by atoms with van der Waals surface area (Å²) in [7, 11) is 3.58. The largest absolute Gasteiger partial charge is 0.493 e. The molecule has 0 N–H and O–H groups in total. The summed E-state index contributed by atoms with van der Waals surface area (Å²) >= 11 is 13.8. The van der Waals surface area contributed by atoms with Crippen LogP contribution in [0.25, 0.3) is 10.2 Å². The van der Waals surface area contributed by atoms with Gasteiger partial charge in [-0.3, -0.25) is 0 Å². The smallest absolute Gasteiger partial charge is 0.211 e. The highest BCUT2D eigenvalue weighted by molar-refractivity contribution is 7.16. The average Bonchev–Trinajstić information content (AvgIpc) is 3.09. The fraction of sp³-hybridized carbons (Fsp3) is 0.130. The number of nitrogens with zero attached hydrogens (tertiary/aromatic N) is 3. The van der Waals surface area contributed by atoms with Gasteiger partial charge < -0.3 is 14.0 Å². The number of benzene rings is 3. The molecular formula is C23H19Cl2N3O2S. The molecule has 4 rings (SSSR count). The minimum atomic E-state index is 0.303. The highest BCUT2D eigenvalue weighted by atomic mass is 35.5. The van der Waals surface area contributed by atoms with Gasteiger partial charge >= 0.3 is 0 Å². The molecule has 0 aliphatic carbocycles. The first-order valence-electron chi connectivity index (χ1n) is 9.41. The predicted molar refractivity (Wildman–Crippen MR) is 128 cm³/mol. The lowest BCUT2D eigenvalue weighted by Gasteiger charge is -2.12. The summed E-state index contributed by atoms with van der Waals surface area (Å²) < 4.78 is 14.6. The summed E-state index contributed by atoms with van der Waals surface area (Å²) in [5.74, 6) is 1.21. The lowest BCUT2D eigenvalue weighted by atomic mass is 10.2. The highest BCUT2D eigenvalue weighted by Crippen LogP contribution is 2.30. The van der Waals surface area contributed by atoms with E-state index in [0.717, 1.165) is 21.4 Å². The number of aromatic nitrogens is 1. The summed E-state index contributed by atoms with van der Waals surface area (Å²) in [6.07, 6.45) is 1.69. The van der Waals surface area contributed by atoms with Gasteiger partial charge in [0.1, 0.15) is 6.61 Å². The van der Waals surface area contributed by atoms with Gasteiger partial charge in [0.25, 0.3) is 0 Å². The maximum absolute atomic E-state index is 6.21. The Bertz CT molecular complexity index is 1330. The molecule has 0 aliphatic heterocycles. The molecule has 1 heterocycles. The van der Waals surface area contributed by atoms with Crippen molar-refractivity contribution in [1.29, 1.82) is 0 Å². The topological polar surface area (TPSA) is 48.1 Å². The highest BCUT2D eigenvalue weighted by Gasteiger charge is 2.08. The van der Waals surface area contributed by atoms with Crippen LogP contribution in [0.3, 0.4) is 0 Å². The minimum absolute atomic E-state index is 0.303. The van der Waals surface area contributed by atoms with E-state index < -0.39 is 0 Å². The Morgan fingerprint density at radius 2 is 1.87 bits per heavy atom. The molecule has 0 amide bonds. The molecule has 0 unspecified atom stereocenters. The zero-order chi connectivity index (χ0) is 21.8. The van der Waals surface area contributed by atoms with Crippen molar-refractivity contribution in [2.45, 2.75) is 6.61 Å². The van der Waals surface area contributed by atoms with E-state index in [1.807, 2.05) is 48.0 Å². The van der Waals surface area contributed by atoms with Crippen LogP contribution in [-0.4, -0.2) is 17.9 Å². The fourth-order valence-corrected chi connectivity index (χ4v) is 4.44. The number of aryl methyl sites for hydroxylation is 1. The Kier molecular flexibility index (Phi) is 6.61. The SMILES string of the molecule is COc1cc(C=NN=c2sc3ccccc3n2C)ccc1OCc1ccc(Cl)cc1Cl. The van der Waals surface area contributed by atoms with E-state index in [2.05, 4.69) is 22.3 Å². The van der Waals surface area contributed by atoms with E-state index in [1.54, 1.807) is 36.8 Å². The first-order chi connectivity index (χ1) is 15.0. The van der Waals surface area contributed by atoms with Crippen molar-refractivity contribution in [3.05, 3.63) is 86.6 Å². The second-order valence-electron chi connectivity index (χ2n) is 6.69. The molecule has 8 heteroatoms. The molecule has 0 spiro atoms. The molecule has 158 valence electrons. The van der Waals surface area contributed by atoms with Gasteiger partial charge in [-0.25, -0.2) is 0 Å². The Hall–Kier alpha value is -2.80. The third-order valence-electron chi connectivity index (χ3n) is 4.65. The van der Waals surface area contributed by atoms with Crippen LogP contribution in [0.5, 0.6) is 11.5 Å². The Balaban J connectivity index is 1.51. The van der Waals surface area contributed by atoms with E-state index in [1.165, 1.54) is 4.70 Å². The molecule has 3 aromatic carbocycles. The van der Waals surface area contributed by atoms with Gasteiger partial charge in [-0.2, -0.15) is 5.10 Å². The molecule has 0 saturated heterocycles. The van der Waals surface area contributed by atoms with E-state index in [9.17, 15) is 0 Å². The summed E-state index contributed by atoms with van der Waals surface area (Å²) in [6.45, 7) is 0.303. The second-order valence-corrected chi connectivity index (χ2v) is 8.54. The van der Waals surface area contributed by atoms with E-state index in [-0.39, 0.29) is 0 Å². The Labute approximate surface area is 193 Å². The molecule has 1 aromatic heterocycles. The Morgan fingerprint density at radius 3 is 2.65 bits per heavy atom. The first kappa shape index (κ1) is 21.4. The average molecular weight is 472 g/mol. The van der Waals surface area contributed by atoms with Gasteiger partial charge in [0.2, 0.25) is 4.80 Å². The number of rotatable bonds is 6. The van der Waals surface area contributed by atoms with Crippen LogP contribution in [0.2, 0.25) is 10.0 Å². The monoisotopic (exact) mass is 471 g/mol. The van der Waals surface area contributed by atoms with Gasteiger partial charge in [0, 0.05) is 22.7 Å². The second kappa shape index (κ2) is 9.56. The first-order valence-corrected chi connectivity index (χ1v) is 11.0. The standard InChI is InChI=1S/C23H19Cl2N3O2S/c1-28-19-5-3-4-6-22(19)31-23(28)27-26-13-15-7-10-20(21(11-15)29-2)30-14-16-8-9-17(24)12-18(16)25/h3-13H,14H2,1-2H3. The fourth-order valence-electron chi connectivity index (χ4n) is 3.00. The molecule has 0 radical (unpaired) electrons. The number of thiazole rings is 1. The normalized spacial score (nSPS) is 12.1. The molecule has 0 saturated carbocycles. The number of ether oxygens (including phenoxy) is 2. The van der Waals surface area contributed by atoms with Crippen LogP contribution in [0.1, 0.15) is 11.1 Å². The molecule has 4 aromatic rings. The van der Waals surface area contributed by atoms with Gasteiger partial charge in [0.15, 0.2) is 11.5 Å². The van der Waals surface area contributed by atoms with Crippen molar-refractivity contribution in [2.75, 3.05) is 7.11 Å². The third-order valence-corrected chi connectivity index (χ3v) is 6.34. The molecule has 31 heavy (non-hydrogen) atoms. The maximum Gasteiger partial charge on any atom is 0.211 e. The number of para-hydroxylation sites is 1. The molecular weight excluding hydrogens is 453 g/mol. The third kappa shape index (κ3) is 4.93. The van der Waals surface area contributed by atoms with Crippen LogP contribution < -0.4 is 14.3 Å². The van der Waals surface area contributed by atoms with Gasteiger partial charge in [-0.1, -0.05) is 52.7 Å². The summed E-state index contributed by atoms with van der Waals surface area (Å²) in [5.41, 5.74) is 2.82. The summed E-state index contributed by atoms with van der Waals surface area (Å²) in [4.78, 5) is 0.823. The quantitative estimate of drug-likeness (QED) is 0.253. The number of hydrogen-bond donors (Lipinski definition) is 0. The van der Waals surface area contributed by atoms with E-state index in [0.29, 0.717) is 28.2 Å². The van der Waals surface area contributed by atoms with E-state index in [4.69, 9.17) is 32.7 Å². The van der Waals surface area contributed by atoms with Crippen LogP contribution in [-0.2, 0) is 13.7 Å². The minimum Gasteiger partial charge on any atom is -0.493 e. The van der Waals surface area contributed by atoms with E-state index >= 15 is 0 Å². The number of hydrogen-bond acceptors (Lipinski definition) is 5. The van der Waals surface area contributed by atoms with Crippen molar-refractivity contribution in [2.24, 2.45) is 17.3 Å². The molecule has 0 atom stereocenters. The molecule has 0 fully saturated rings. The zero-order valence-corrected chi connectivity index (χ0v) is 19.2. The van der Waals surface area contributed by atoms with Crippen molar-refractivity contribution < 1.29 is 9.47 Å². The van der Waals surface area contributed by atoms with Gasteiger partial charge in [-0.05, 0) is 48.0 Å². The number of halogens is 2. The van der Waals surface area contributed by atoms with Crippen LogP contribution >= 0.6 is 34.5 Å². The van der Waals surface area contributed by atoms with Crippen molar-refractivity contribution in [3.63, 3.8) is 0 Å². The summed E-state index contributed by atoms with van der Waals surface area (Å²) in [6, 6.07) is 19.1. The van der Waals surface area contributed by atoms with Crippen LogP contribution in [0.15, 0.2) is 70.9 Å². The molecule has 0 aliphatic rings. The zero-order valence-electron chi connectivity index (χ0n) is 16.9. The van der Waals surface area contributed by atoms with Crippen molar-refractivity contribution in [1.82, 2.24) is 4.57 Å². The van der Waals surface area contributed by atoms with Gasteiger partial charge in [0.05, 0.1) is 23.5 Å². The predicted octanol–water partition coefficient (Wildman–Crippen LogP) is 6.07. The maximum atomic E-state index is 6.21. The number of methoxy groups -OCH3 is 1. The lowest BCUT2D eigenvalue weighted by Crippen LogP contribution is -2.08. The number of fused-ring (bicyclic) bond motifs is 1. The molecule has 5 nitrogen and oxygen atoms in total. The summed E-state index contributed by atoms with van der Waals surface area (Å²) in [5, 5.41) is 9.76. The lowest BCUT2D eigenvalue weighted by molar-refractivity contribution is 0.284. The van der Waals surface area contributed by atoms with Crippen molar-refractivity contribution >= 4 is 51.0 Å². The van der Waals surface area contributed by atoms with Crippen molar-refractivity contribution in [3.8, 4) is 11.5 Å². The van der Waals surface area contributed by atoms with Crippen LogP contribution in [0.4, 0.5) is 0 Å².